The lowest BCUT2D eigenvalue weighted by atomic mass is 9.95. The van der Waals surface area contributed by atoms with Crippen molar-refractivity contribution in [1.29, 1.82) is 0 Å². The van der Waals surface area contributed by atoms with Gasteiger partial charge in [-0.2, -0.15) is 5.10 Å². The summed E-state index contributed by atoms with van der Waals surface area (Å²) in [6, 6.07) is 17.5. The van der Waals surface area contributed by atoms with Crippen molar-refractivity contribution in [2.75, 3.05) is 7.11 Å². The smallest absolute Gasteiger partial charge is 0.251 e. The van der Waals surface area contributed by atoms with Gasteiger partial charge in [-0.1, -0.05) is 34.8 Å². The molecule has 0 aromatic heterocycles. The number of benzene rings is 3. The quantitative estimate of drug-likeness (QED) is 0.399. The average molecular weight is 488 g/mol. The van der Waals surface area contributed by atoms with E-state index in [0.717, 1.165) is 22.6 Å². The number of fused-ring (bicyclic) bond motifs is 3. The fourth-order valence-corrected chi connectivity index (χ4v) is 4.68. The third-order valence-electron chi connectivity index (χ3n) is 5.58. The molecule has 0 fully saturated rings. The summed E-state index contributed by atoms with van der Waals surface area (Å²) in [6.07, 6.45) is -0.396. The monoisotopic (exact) mass is 486 g/mol. The van der Waals surface area contributed by atoms with Gasteiger partial charge in [0.05, 0.1) is 23.9 Å². The first-order valence-corrected chi connectivity index (χ1v) is 11.0. The average Bonchev–Trinajstić information content (AvgIpc) is 3.25. The first-order chi connectivity index (χ1) is 15.4. The Hall–Kier alpha value is -2.73. The largest absolute Gasteiger partial charge is 0.497 e. The number of carbonyl (C=O) groups excluding carboxylic acids is 1. The molecule has 0 amide bonds. The molecule has 3 aromatic carbocycles. The van der Waals surface area contributed by atoms with E-state index in [0.29, 0.717) is 32.8 Å². The first-order valence-electron chi connectivity index (χ1n) is 9.90. The highest BCUT2D eigenvalue weighted by Crippen LogP contribution is 2.47. The van der Waals surface area contributed by atoms with Crippen LogP contribution in [-0.4, -0.2) is 29.8 Å². The van der Waals surface area contributed by atoms with E-state index in [9.17, 15) is 4.79 Å². The van der Waals surface area contributed by atoms with Gasteiger partial charge in [-0.25, -0.2) is 5.01 Å². The van der Waals surface area contributed by atoms with Crippen LogP contribution in [0.1, 0.15) is 33.9 Å². The molecule has 0 spiro atoms. The Balaban J connectivity index is 1.57. The number of rotatable bonds is 4. The fourth-order valence-electron chi connectivity index (χ4n) is 4.00. The van der Waals surface area contributed by atoms with Crippen molar-refractivity contribution >= 4 is 46.3 Å². The SMILES string of the molecule is COc1ccc(C2=NN3C(C(=O)c4ccc(Cl)cc4)Oc4c(Cl)cc(Cl)cc4C3C2)cc1. The highest BCUT2D eigenvalue weighted by atomic mass is 35.5. The summed E-state index contributed by atoms with van der Waals surface area (Å²) in [7, 11) is 1.62. The molecular weight excluding hydrogens is 471 g/mol. The number of ketones is 1. The van der Waals surface area contributed by atoms with Crippen LogP contribution in [-0.2, 0) is 0 Å². The zero-order chi connectivity index (χ0) is 22.4. The summed E-state index contributed by atoms with van der Waals surface area (Å²) in [6.45, 7) is 0. The van der Waals surface area contributed by atoms with Crippen LogP contribution >= 0.6 is 34.8 Å². The molecule has 0 aliphatic carbocycles. The van der Waals surface area contributed by atoms with E-state index in [1.54, 1.807) is 42.5 Å². The topological polar surface area (TPSA) is 51.1 Å². The van der Waals surface area contributed by atoms with Gasteiger partial charge in [-0.15, -0.1) is 0 Å². The fraction of sp³-hybridized carbons (Fsp3) is 0.167. The molecule has 32 heavy (non-hydrogen) atoms. The highest BCUT2D eigenvalue weighted by molar-refractivity contribution is 6.35. The maximum atomic E-state index is 13.4. The number of Topliss-reactive ketones (excluding diaryl/α,β-unsaturated/α-hetero) is 1. The third kappa shape index (κ3) is 3.71. The third-order valence-corrected chi connectivity index (χ3v) is 6.34. The predicted octanol–water partition coefficient (Wildman–Crippen LogP) is 6.41. The van der Waals surface area contributed by atoms with Gasteiger partial charge in [-0.3, -0.25) is 4.79 Å². The Labute approximate surface area is 200 Å². The number of nitrogens with zero attached hydrogens (tertiary/aromatic N) is 2. The first kappa shape index (κ1) is 21.1. The molecule has 0 saturated heterocycles. The molecule has 2 aliphatic heterocycles. The van der Waals surface area contributed by atoms with Gasteiger partial charge in [0.25, 0.3) is 6.23 Å². The number of carbonyl (C=O) groups is 1. The van der Waals surface area contributed by atoms with Gasteiger partial charge in [0, 0.05) is 27.6 Å². The molecule has 8 heteroatoms. The second-order valence-electron chi connectivity index (χ2n) is 7.52. The predicted molar refractivity (Wildman–Crippen MR) is 125 cm³/mol. The van der Waals surface area contributed by atoms with Crippen molar-refractivity contribution in [3.05, 3.63) is 92.4 Å². The molecule has 3 aromatic rings. The maximum absolute atomic E-state index is 13.4. The lowest BCUT2D eigenvalue weighted by molar-refractivity contribution is -0.00447. The van der Waals surface area contributed by atoms with Crippen molar-refractivity contribution in [3.63, 3.8) is 0 Å². The summed E-state index contributed by atoms with van der Waals surface area (Å²) >= 11 is 18.7. The Kier molecular flexibility index (Phi) is 5.49. The van der Waals surface area contributed by atoms with Crippen LogP contribution in [0.5, 0.6) is 11.5 Å². The Morgan fingerprint density at radius 3 is 2.44 bits per heavy atom. The Bertz CT molecular complexity index is 1230. The molecule has 5 rings (SSSR count). The van der Waals surface area contributed by atoms with E-state index in [2.05, 4.69) is 0 Å². The molecule has 2 aliphatic rings. The van der Waals surface area contributed by atoms with Crippen LogP contribution in [0, 0.1) is 0 Å². The summed E-state index contributed by atoms with van der Waals surface area (Å²) < 4.78 is 11.4. The van der Waals surface area contributed by atoms with E-state index in [1.807, 2.05) is 30.3 Å². The van der Waals surface area contributed by atoms with Crippen molar-refractivity contribution in [3.8, 4) is 11.5 Å². The van der Waals surface area contributed by atoms with Crippen LogP contribution in [0.15, 0.2) is 65.8 Å². The molecule has 2 atom stereocenters. The molecule has 5 nitrogen and oxygen atoms in total. The molecule has 0 saturated carbocycles. The van der Waals surface area contributed by atoms with Gasteiger partial charge in [0.2, 0.25) is 5.78 Å². The molecule has 2 heterocycles. The molecule has 2 unspecified atom stereocenters. The van der Waals surface area contributed by atoms with Gasteiger partial charge in [0.1, 0.15) is 11.5 Å². The standard InChI is InChI=1S/C24H17Cl3N2O3/c1-31-17-8-4-13(5-9-17)20-12-21-18-10-16(26)11-19(27)23(18)32-24(29(21)28-20)22(30)14-2-6-15(25)7-3-14/h2-11,21,24H,12H2,1H3. The minimum absolute atomic E-state index is 0.233. The maximum Gasteiger partial charge on any atom is 0.251 e. The molecule has 0 bridgehead atoms. The van der Waals surface area contributed by atoms with Gasteiger partial charge in [0.15, 0.2) is 0 Å². The number of ether oxygens (including phenoxy) is 2. The summed E-state index contributed by atoms with van der Waals surface area (Å²) in [4.78, 5) is 13.4. The molecule has 0 radical (unpaired) electrons. The Morgan fingerprint density at radius 2 is 1.75 bits per heavy atom. The normalized spacial score (nSPS) is 19.0. The highest BCUT2D eigenvalue weighted by Gasteiger charge is 2.44. The van der Waals surface area contributed by atoms with Gasteiger partial charge >= 0.3 is 0 Å². The van der Waals surface area contributed by atoms with E-state index in [-0.39, 0.29) is 11.8 Å². The lowest BCUT2D eigenvalue weighted by Gasteiger charge is -2.37. The Morgan fingerprint density at radius 1 is 1.03 bits per heavy atom. The van der Waals surface area contributed by atoms with Crippen LogP contribution in [0.2, 0.25) is 15.1 Å². The minimum Gasteiger partial charge on any atom is -0.497 e. The minimum atomic E-state index is -0.969. The zero-order valence-corrected chi connectivity index (χ0v) is 19.2. The number of hydrogen-bond donors (Lipinski definition) is 0. The number of halogens is 3. The number of methoxy groups -OCH3 is 1. The van der Waals surface area contributed by atoms with Crippen LogP contribution in [0.3, 0.4) is 0 Å². The lowest BCUT2D eigenvalue weighted by Crippen LogP contribution is -2.46. The van der Waals surface area contributed by atoms with Crippen LogP contribution in [0.25, 0.3) is 0 Å². The molecular formula is C24H17Cl3N2O3. The molecule has 0 N–H and O–H groups in total. The van der Waals surface area contributed by atoms with E-state index < -0.39 is 6.23 Å². The van der Waals surface area contributed by atoms with Crippen molar-refractivity contribution < 1.29 is 14.3 Å². The van der Waals surface area contributed by atoms with Gasteiger partial charge < -0.3 is 9.47 Å². The van der Waals surface area contributed by atoms with Crippen LogP contribution < -0.4 is 9.47 Å². The summed E-state index contributed by atoms with van der Waals surface area (Å²) in [5.41, 5.74) is 3.04. The van der Waals surface area contributed by atoms with Crippen molar-refractivity contribution in [2.45, 2.75) is 18.7 Å². The van der Waals surface area contributed by atoms with E-state index in [4.69, 9.17) is 49.4 Å². The zero-order valence-electron chi connectivity index (χ0n) is 16.9. The summed E-state index contributed by atoms with van der Waals surface area (Å²) in [5.74, 6) is 0.979. The van der Waals surface area contributed by atoms with E-state index in [1.165, 1.54) is 0 Å². The summed E-state index contributed by atoms with van der Waals surface area (Å²) in [5, 5.41) is 7.90. The molecule has 162 valence electrons. The van der Waals surface area contributed by atoms with Crippen molar-refractivity contribution in [2.24, 2.45) is 5.10 Å². The van der Waals surface area contributed by atoms with Crippen LogP contribution in [0.4, 0.5) is 0 Å². The van der Waals surface area contributed by atoms with Crippen molar-refractivity contribution in [1.82, 2.24) is 5.01 Å². The number of hydrogen-bond acceptors (Lipinski definition) is 5. The second-order valence-corrected chi connectivity index (χ2v) is 8.80. The second kappa shape index (κ2) is 8.32. The number of hydrazone groups is 1. The van der Waals surface area contributed by atoms with Gasteiger partial charge in [-0.05, 0) is 66.2 Å². The van der Waals surface area contributed by atoms with E-state index >= 15 is 0 Å².